The van der Waals surface area contributed by atoms with Gasteiger partial charge < -0.3 is 19.9 Å². The van der Waals surface area contributed by atoms with Crippen LogP contribution in [-0.2, 0) is 4.79 Å². The molecule has 0 fully saturated rings. The third-order valence-electron chi connectivity index (χ3n) is 2.67. The van der Waals surface area contributed by atoms with Crippen LogP contribution in [0.2, 0.25) is 0 Å². The van der Waals surface area contributed by atoms with Gasteiger partial charge in [0.05, 0.1) is 11.4 Å². The van der Waals surface area contributed by atoms with Crippen LogP contribution in [0.25, 0.3) is 0 Å². The first kappa shape index (κ1) is 15.7. The highest BCUT2D eigenvalue weighted by Crippen LogP contribution is 2.20. The van der Waals surface area contributed by atoms with Crippen molar-refractivity contribution in [3.05, 3.63) is 48.5 Å². The summed E-state index contributed by atoms with van der Waals surface area (Å²) in [6.07, 6.45) is 0. The van der Waals surface area contributed by atoms with Crippen LogP contribution in [0.5, 0.6) is 5.75 Å². The maximum absolute atomic E-state index is 10.4. The number of hydrogen-bond acceptors (Lipinski definition) is 6. The average Bonchev–Trinajstić information content (AvgIpc) is 2.52. The van der Waals surface area contributed by atoms with E-state index < -0.39 is 19.7 Å². The third kappa shape index (κ3) is 4.69. The van der Waals surface area contributed by atoms with Gasteiger partial charge >= 0.3 is 13.1 Å². The molecular weight excluding hydrogens is 287 g/mol. The highest BCUT2D eigenvalue weighted by Gasteiger charge is 2.09. The summed E-state index contributed by atoms with van der Waals surface area (Å²) in [4.78, 5) is 10.4. The van der Waals surface area contributed by atoms with Crippen LogP contribution < -0.4 is 10.2 Å². The fourth-order valence-corrected chi connectivity index (χ4v) is 1.58. The highest BCUT2D eigenvalue weighted by atomic mass is 16.5. The maximum Gasteiger partial charge on any atom is 0.488 e. The van der Waals surface area contributed by atoms with E-state index in [1.807, 2.05) is 0 Å². The molecule has 0 aliphatic heterocycles. The molecule has 2 aromatic rings. The molecule has 2 aromatic carbocycles. The van der Waals surface area contributed by atoms with Gasteiger partial charge in [-0.25, -0.2) is 4.79 Å². The largest absolute Gasteiger partial charge is 0.488 e. The molecule has 22 heavy (non-hydrogen) atoms. The molecule has 0 aliphatic carbocycles. The summed E-state index contributed by atoms with van der Waals surface area (Å²) in [7, 11) is -1.51. The summed E-state index contributed by atoms with van der Waals surface area (Å²) in [5, 5.41) is 34.5. The third-order valence-corrected chi connectivity index (χ3v) is 2.67. The Morgan fingerprint density at radius 3 is 1.91 bits per heavy atom. The van der Waals surface area contributed by atoms with Crippen molar-refractivity contribution in [2.24, 2.45) is 10.2 Å². The van der Waals surface area contributed by atoms with Crippen molar-refractivity contribution in [1.29, 1.82) is 0 Å². The van der Waals surface area contributed by atoms with Crippen molar-refractivity contribution in [2.45, 2.75) is 0 Å². The molecule has 0 radical (unpaired) electrons. The monoisotopic (exact) mass is 300 g/mol. The summed E-state index contributed by atoms with van der Waals surface area (Å²) in [5.74, 6) is -0.608. The van der Waals surface area contributed by atoms with Gasteiger partial charge in [-0.05, 0) is 41.9 Å². The molecule has 0 saturated heterocycles. The Hall–Kier alpha value is -2.71. The summed E-state index contributed by atoms with van der Waals surface area (Å²) >= 11 is 0. The molecule has 0 heterocycles. The molecule has 2 rings (SSSR count). The second-order valence-corrected chi connectivity index (χ2v) is 4.34. The number of rotatable bonds is 6. The summed E-state index contributed by atoms with van der Waals surface area (Å²) < 4.78 is 5.00. The predicted octanol–water partition coefficient (Wildman–Crippen LogP) is 1.25. The fraction of sp³-hybridized carbons (Fsp3) is 0.0714. The minimum absolute atomic E-state index is 0.374. The molecule has 0 saturated carbocycles. The van der Waals surface area contributed by atoms with Crippen molar-refractivity contribution in [3.63, 3.8) is 0 Å². The van der Waals surface area contributed by atoms with E-state index in [2.05, 4.69) is 10.2 Å². The Bertz CT molecular complexity index is 656. The predicted molar refractivity (Wildman–Crippen MR) is 80.0 cm³/mol. The lowest BCUT2D eigenvalue weighted by Crippen LogP contribution is -2.29. The molecule has 3 N–H and O–H groups in total. The molecule has 7 nitrogen and oxygen atoms in total. The van der Waals surface area contributed by atoms with Crippen LogP contribution in [0.1, 0.15) is 0 Å². The summed E-state index contributed by atoms with van der Waals surface area (Å²) in [6, 6.07) is 12.8. The molecule has 0 unspecified atom stereocenters. The maximum atomic E-state index is 10.4. The lowest BCUT2D eigenvalue weighted by molar-refractivity contribution is -0.139. The molecule has 0 aliphatic rings. The highest BCUT2D eigenvalue weighted by molar-refractivity contribution is 6.58. The van der Waals surface area contributed by atoms with E-state index >= 15 is 0 Å². The van der Waals surface area contributed by atoms with Crippen LogP contribution in [0.3, 0.4) is 0 Å². The van der Waals surface area contributed by atoms with Crippen LogP contribution in [0.15, 0.2) is 58.8 Å². The standard InChI is InChI=1S/C14H13BN2O5/c18-14(19)9-22-13-7-5-12(6-8-13)17-16-11-3-1-10(2-4-11)15(20)21/h1-8,20-21H,9H2,(H,18,19). The normalized spacial score (nSPS) is 10.6. The molecule has 0 spiro atoms. The van der Waals surface area contributed by atoms with Crippen LogP contribution in [0, 0.1) is 0 Å². The van der Waals surface area contributed by atoms with Gasteiger partial charge in [-0.2, -0.15) is 10.2 Å². The number of hydrogen-bond donors (Lipinski definition) is 3. The lowest BCUT2D eigenvalue weighted by Gasteiger charge is -2.02. The number of aliphatic carboxylic acids is 1. The summed E-state index contributed by atoms with van der Waals surface area (Å²) in [5.41, 5.74) is 1.52. The van der Waals surface area contributed by atoms with Crippen molar-refractivity contribution in [1.82, 2.24) is 0 Å². The molecule has 8 heteroatoms. The van der Waals surface area contributed by atoms with E-state index in [-0.39, 0.29) is 0 Å². The van der Waals surface area contributed by atoms with Crippen LogP contribution in [-0.4, -0.2) is 34.8 Å². The van der Waals surface area contributed by atoms with Crippen molar-refractivity contribution >= 4 is 29.9 Å². The van der Waals surface area contributed by atoms with Crippen molar-refractivity contribution < 1.29 is 24.7 Å². The van der Waals surface area contributed by atoms with Crippen LogP contribution in [0.4, 0.5) is 11.4 Å². The van der Waals surface area contributed by atoms with Gasteiger partial charge in [-0.15, -0.1) is 0 Å². The number of ether oxygens (including phenoxy) is 1. The second-order valence-electron chi connectivity index (χ2n) is 4.34. The molecule has 112 valence electrons. The second kappa shape index (κ2) is 7.35. The Balaban J connectivity index is 1.99. The SMILES string of the molecule is O=C(O)COc1ccc(N=Nc2ccc(B(O)O)cc2)cc1. The number of azo groups is 1. The van der Waals surface area contributed by atoms with E-state index in [0.717, 1.165) is 0 Å². The van der Waals surface area contributed by atoms with E-state index in [9.17, 15) is 4.79 Å². The average molecular weight is 300 g/mol. The Morgan fingerprint density at radius 2 is 1.45 bits per heavy atom. The minimum atomic E-state index is -1.51. The molecule has 0 amide bonds. The topological polar surface area (TPSA) is 112 Å². The number of carbonyl (C=O) groups is 1. The fourth-order valence-electron chi connectivity index (χ4n) is 1.58. The van der Waals surface area contributed by atoms with Gasteiger partial charge in [0.15, 0.2) is 6.61 Å². The first-order valence-electron chi connectivity index (χ1n) is 6.37. The zero-order chi connectivity index (χ0) is 15.9. The van der Waals surface area contributed by atoms with E-state index in [1.54, 1.807) is 48.5 Å². The Labute approximate surface area is 126 Å². The Morgan fingerprint density at radius 1 is 0.955 bits per heavy atom. The van der Waals surface area contributed by atoms with Gasteiger partial charge in [-0.1, -0.05) is 12.1 Å². The molecule has 0 atom stereocenters. The van der Waals surface area contributed by atoms with Gasteiger partial charge in [0.25, 0.3) is 0 Å². The van der Waals surface area contributed by atoms with E-state index in [1.165, 1.54) is 0 Å². The quantitative estimate of drug-likeness (QED) is 0.549. The Kier molecular flexibility index (Phi) is 5.23. The van der Waals surface area contributed by atoms with Crippen molar-refractivity contribution in [3.8, 4) is 5.75 Å². The number of carboxylic acid groups (broad SMARTS) is 1. The summed E-state index contributed by atoms with van der Waals surface area (Å²) in [6.45, 7) is -0.399. The number of benzene rings is 2. The molecule has 0 aromatic heterocycles. The van der Waals surface area contributed by atoms with Crippen molar-refractivity contribution in [2.75, 3.05) is 6.61 Å². The zero-order valence-electron chi connectivity index (χ0n) is 11.5. The van der Waals surface area contributed by atoms with Gasteiger partial charge in [0.1, 0.15) is 5.75 Å². The first-order valence-corrected chi connectivity index (χ1v) is 6.37. The van der Waals surface area contributed by atoms with Gasteiger partial charge in [-0.3, -0.25) is 0 Å². The zero-order valence-corrected chi connectivity index (χ0v) is 11.5. The van der Waals surface area contributed by atoms with E-state index in [4.69, 9.17) is 19.9 Å². The van der Waals surface area contributed by atoms with E-state index in [0.29, 0.717) is 22.6 Å². The number of nitrogens with zero attached hydrogens (tertiary/aromatic N) is 2. The van der Waals surface area contributed by atoms with Gasteiger partial charge in [0.2, 0.25) is 0 Å². The molecule has 0 bridgehead atoms. The smallest absolute Gasteiger partial charge is 0.482 e. The number of carboxylic acids is 1. The molecular formula is C14H13BN2O5. The minimum Gasteiger partial charge on any atom is -0.482 e. The first-order chi connectivity index (χ1) is 10.5. The lowest BCUT2D eigenvalue weighted by atomic mass is 9.80. The van der Waals surface area contributed by atoms with Gasteiger partial charge in [0, 0.05) is 0 Å². The van der Waals surface area contributed by atoms with Crippen LogP contribution >= 0.6 is 0 Å².